The molecule has 0 bridgehead atoms. The molecule has 0 aliphatic carbocycles. The zero-order valence-electron chi connectivity index (χ0n) is 13.8. The van der Waals surface area contributed by atoms with Crippen molar-refractivity contribution in [1.29, 1.82) is 0 Å². The predicted octanol–water partition coefficient (Wildman–Crippen LogP) is 3.86. The van der Waals surface area contributed by atoms with Crippen LogP contribution in [0, 0.1) is 0 Å². The molecule has 2 aliphatic heterocycles. The highest BCUT2D eigenvalue weighted by atomic mass is 28.3. The SMILES string of the molecule is C=C[Si](C)(C)C1(C2([SiH](C)C)CCCCO2)CCCCO1. The van der Waals surface area contributed by atoms with E-state index in [4.69, 9.17) is 9.47 Å². The summed E-state index contributed by atoms with van der Waals surface area (Å²) in [5.74, 6) is 0. The number of hydrogen-bond donors (Lipinski definition) is 0. The van der Waals surface area contributed by atoms with Crippen LogP contribution in [0.5, 0.6) is 0 Å². The first kappa shape index (κ1) is 16.5. The summed E-state index contributed by atoms with van der Waals surface area (Å²) < 4.78 is 13.2. The molecular weight excluding hydrogens is 280 g/mol. The molecule has 116 valence electrons. The average molecular weight is 313 g/mol. The molecule has 2 fully saturated rings. The van der Waals surface area contributed by atoms with E-state index >= 15 is 0 Å². The molecule has 2 saturated heterocycles. The van der Waals surface area contributed by atoms with Crippen molar-refractivity contribution in [2.24, 2.45) is 0 Å². The van der Waals surface area contributed by atoms with Crippen LogP contribution in [0.2, 0.25) is 26.2 Å². The van der Waals surface area contributed by atoms with E-state index < -0.39 is 16.9 Å². The summed E-state index contributed by atoms with van der Waals surface area (Å²) in [5, 5.41) is 0.0103. The Kier molecular flexibility index (Phi) is 5.00. The van der Waals surface area contributed by atoms with Crippen LogP contribution in [-0.2, 0) is 9.47 Å². The Bertz CT molecular complexity index is 340. The Morgan fingerprint density at radius 2 is 1.60 bits per heavy atom. The van der Waals surface area contributed by atoms with Crippen LogP contribution < -0.4 is 0 Å². The van der Waals surface area contributed by atoms with Crippen molar-refractivity contribution >= 4 is 16.9 Å². The summed E-state index contributed by atoms with van der Waals surface area (Å²) in [6.45, 7) is 15.8. The van der Waals surface area contributed by atoms with Gasteiger partial charge in [0.05, 0.1) is 19.2 Å². The standard InChI is InChI=1S/C16H32O2Si2/c1-6-20(4,5)16(12-8-10-14-18-16)15(19(2)3)11-7-9-13-17-15/h6,19H,1,7-14H2,2-5H3. The molecule has 2 heterocycles. The second-order valence-corrected chi connectivity index (χ2v) is 15.3. The number of hydrogen-bond acceptors (Lipinski definition) is 2. The van der Waals surface area contributed by atoms with E-state index in [1.807, 2.05) is 0 Å². The number of rotatable bonds is 4. The van der Waals surface area contributed by atoms with Crippen LogP contribution in [0.3, 0.4) is 0 Å². The monoisotopic (exact) mass is 312 g/mol. The zero-order valence-corrected chi connectivity index (χ0v) is 16.0. The molecule has 2 atom stereocenters. The maximum atomic E-state index is 6.63. The molecule has 0 spiro atoms. The van der Waals surface area contributed by atoms with Gasteiger partial charge in [0.25, 0.3) is 0 Å². The predicted molar refractivity (Wildman–Crippen MR) is 91.6 cm³/mol. The molecule has 20 heavy (non-hydrogen) atoms. The average Bonchev–Trinajstić information content (AvgIpc) is 2.48. The largest absolute Gasteiger partial charge is 0.376 e. The fourth-order valence-electron chi connectivity index (χ4n) is 4.40. The molecule has 0 amide bonds. The minimum absolute atomic E-state index is 0.0270. The van der Waals surface area contributed by atoms with E-state index in [1.165, 1.54) is 38.5 Å². The van der Waals surface area contributed by atoms with Gasteiger partial charge in [-0.1, -0.05) is 31.9 Å². The third-order valence-corrected chi connectivity index (χ3v) is 12.7. The van der Waals surface area contributed by atoms with E-state index in [2.05, 4.69) is 38.5 Å². The van der Waals surface area contributed by atoms with Gasteiger partial charge in [-0.25, -0.2) is 0 Å². The van der Waals surface area contributed by atoms with Crippen LogP contribution in [0.4, 0.5) is 0 Å². The smallest absolute Gasteiger partial charge is 0.111 e. The summed E-state index contributed by atoms with van der Waals surface area (Å²) in [6.07, 6.45) is 7.41. The third-order valence-electron chi connectivity index (χ3n) is 5.74. The van der Waals surface area contributed by atoms with Gasteiger partial charge in [-0.3, -0.25) is 0 Å². The fourth-order valence-corrected chi connectivity index (χ4v) is 11.7. The Hall–Kier alpha value is 0.0938. The Morgan fingerprint density at radius 3 is 2.00 bits per heavy atom. The van der Waals surface area contributed by atoms with Gasteiger partial charge in [0.1, 0.15) is 8.07 Å². The van der Waals surface area contributed by atoms with E-state index in [-0.39, 0.29) is 10.4 Å². The molecule has 0 aromatic carbocycles. The van der Waals surface area contributed by atoms with Crippen LogP contribution in [0.15, 0.2) is 12.3 Å². The van der Waals surface area contributed by atoms with E-state index in [0.717, 1.165) is 13.2 Å². The second kappa shape index (κ2) is 6.07. The van der Waals surface area contributed by atoms with Gasteiger partial charge in [0.2, 0.25) is 0 Å². The molecule has 0 aromatic rings. The van der Waals surface area contributed by atoms with Crippen molar-refractivity contribution in [2.45, 2.75) is 75.2 Å². The molecular formula is C16H32O2Si2. The van der Waals surface area contributed by atoms with Gasteiger partial charge in [-0.15, -0.1) is 6.58 Å². The summed E-state index contributed by atoms with van der Waals surface area (Å²) >= 11 is 0. The first-order chi connectivity index (χ1) is 9.42. The first-order valence-corrected chi connectivity index (χ1v) is 14.3. The summed E-state index contributed by atoms with van der Waals surface area (Å²) in [4.78, 5) is 0. The summed E-state index contributed by atoms with van der Waals surface area (Å²) in [7, 11) is -2.70. The highest BCUT2D eigenvalue weighted by Crippen LogP contribution is 2.49. The van der Waals surface area contributed by atoms with Crippen molar-refractivity contribution in [2.75, 3.05) is 13.2 Å². The Balaban J connectivity index is 2.50. The zero-order chi connectivity index (χ0) is 14.9. The van der Waals surface area contributed by atoms with Gasteiger partial charge >= 0.3 is 0 Å². The fraction of sp³-hybridized carbons (Fsp3) is 0.875. The second-order valence-electron chi connectivity index (χ2n) is 7.41. The molecule has 0 radical (unpaired) electrons. The van der Waals surface area contributed by atoms with E-state index in [0.29, 0.717) is 0 Å². The Morgan fingerprint density at radius 1 is 1.00 bits per heavy atom. The third kappa shape index (κ3) is 2.38. The lowest BCUT2D eigenvalue weighted by Crippen LogP contribution is -2.75. The quantitative estimate of drug-likeness (QED) is 0.734. The lowest BCUT2D eigenvalue weighted by Gasteiger charge is -2.60. The van der Waals surface area contributed by atoms with Crippen LogP contribution in [0.1, 0.15) is 38.5 Å². The minimum atomic E-state index is -1.70. The molecule has 0 N–H and O–H groups in total. The highest BCUT2D eigenvalue weighted by molar-refractivity contribution is 6.86. The van der Waals surface area contributed by atoms with Crippen molar-refractivity contribution in [3.63, 3.8) is 0 Å². The topological polar surface area (TPSA) is 18.5 Å². The van der Waals surface area contributed by atoms with E-state index in [9.17, 15) is 0 Å². The van der Waals surface area contributed by atoms with Crippen molar-refractivity contribution in [3.8, 4) is 0 Å². The van der Waals surface area contributed by atoms with Gasteiger partial charge < -0.3 is 9.47 Å². The van der Waals surface area contributed by atoms with Gasteiger partial charge in [0.15, 0.2) is 0 Å². The van der Waals surface area contributed by atoms with Crippen LogP contribution >= 0.6 is 0 Å². The molecule has 2 nitrogen and oxygen atoms in total. The maximum Gasteiger partial charge on any atom is 0.111 e. The normalized spacial score (nSPS) is 36.0. The number of ether oxygens (including phenoxy) is 2. The lowest BCUT2D eigenvalue weighted by molar-refractivity contribution is -0.166. The van der Waals surface area contributed by atoms with Crippen LogP contribution in [0.25, 0.3) is 0 Å². The van der Waals surface area contributed by atoms with Gasteiger partial charge in [-0.05, 0) is 38.5 Å². The summed E-state index contributed by atoms with van der Waals surface area (Å²) in [5.41, 5.74) is 2.24. The van der Waals surface area contributed by atoms with Crippen molar-refractivity contribution in [1.82, 2.24) is 0 Å². The molecule has 0 aromatic heterocycles. The Labute approximate surface area is 127 Å². The minimum Gasteiger partial charge on any atom is -0.376 e. The first-order valence-electron chi connectivity index (χ1n) is 8.33. The van der Waals surface area contributed by atoms with Crippen LogP contribution in [-0.4, -0.2) is 40.5 Å². The maximum absolute atomic E-state index is 6.63. The lowest BCUT2D eigenvalue weighted by atomic mass is 9.96. The van der Waals surface area contributed by atoms with Gasteiger partial charge in [0, 0.05) is 13.2 Å². The molecule has 0 saturated carbocycles. The summed E-state index contributed by atoms with van der Waals surface area (Å²) in [6, 6.07) is 0. The molecule has 2 unspecified atom stereocenters. The van der Waals surface area contributed by atoms with Crippen molar-refractivity contribution < 1.29 is 9.47 Å². The highest BCUT2D eigenvalue weighted by Gasteiger charge is 2.63. The molecule has 2 aliphatic rings. The molecule has 2 rings (SSSR count). The molecule has 4 heteroatoms. The van der Waals surface area contributed by atoms with E-state index in [1.54, 1.807) is 0 Å². The van der Waals surface area contributed by atoms with Gasteiger partial charge in [-0.2, -0.15) is 0 Å². The van der Waals surface area contributed by atoms with Crippen molar-refractivity contribution in [3.05, 3.63) is 12.3 Å².